The second kappa shape index (κ2) is 10.1. The molecule has 5 rings (SSSR count). The first-order valence-electron chi connectivity index (χ1n) is 13.3. The van der Waals surface area contributed by atoms with Gasteiger partial charge in [0.1, 0.15) is 0 Å². The summed E-state index contributed by atoms with van der Waals surface area (Å²) in [5.41, 5.74) is 7.54. The first kappa shape index (κ1) is 23.4. The normalized spacial score (nSPS) is 18.9. The smallest absolute Gasteiger partial charge is 0.0498 e. The summed E-state index contributed by atoms with van der Waals surface area (Å²) in [5.74, 6) is 0.774. The summed E-state index contributed by atoms with van der Waals surface area (Å²) in [4.78, 5) is 16.1. The first-order chi connectivity index (χ1) is 16.5. The fourth-order valence-electron chi connectivity index (χ4n) is 6.08. The lowest BCUT2D eigenvalue weighted by Crippen LogP contribution is -2.53. The molecule has 0 bridgehead atoms. The molecule has 0 spiro atoms. The third-order valence-corrected chi connectivity index (χ3v) is 7.80. The van der Waals surface area contributed by atoms with E-state index < -0.39 is 0 Å². The van der Waals surface area contributed by atoms with Crippen molar-refractivity contribution >= 4 is 16.6 Å². The number of aromatic nitrogens is 2. The van der Waals surface area contributed by atoms with Crippen LogP contribution in [-0.2, 0) is 6.42 Å². The van der Waals surface area contributed by atoms with Crippen molar-refractivity contribution in [2.75, 3.05) is 50.7 Å². The summed E-state index contributed by atoms with van der Waals surface area (Å²) in [6, 6.07) is 12.1. The number of rotatable bonds is 6. The minimum Gasteiger partial charge on any atom is -0.369 e. The lowest BCUT2D eigenvalue weighted by atomic mass is 10.0. The molecule has 5 heteroatoms. The number of aryl methyl sites for hydroxylation is 2. The predicted molar refractivity (Wildman–Crippen MR) is 144 cm³/mol. The predicted octanol–water partition coefficient (Wildman–Crippen LogP) is 5.34. The summed E-state index contributed by atoms with van der Waals surface area (Å²) in [5, 5.41) is 1.37. The molecule has 0 amide bonds. The number of piperidine rings is 1. The number of anilines is 1. The summed E-state index contributed by atoms with van der Waals surface area (Å²) in [6.07, 6.45) is 5.59. The van der Waals surface area contributed by atoms with E-state index in [1.165, 1.54) is 79.0 Å². The monoisotopic (exact) mass is 459 g/mol. The second-order valence-electron chi connectivity index (χ2n) is 10.7. The van der Waals surface area contributed by atoms with Crippen LogP contribution < -0.4 is 4.90 Å². The largest absolute Gasteiger partial charge is 0.369 e. The molecule has 1 N–H and O–H groups in total. The standard InChI is InChI=1S/C29H41N5/c1-5-26-27-19-25(6-7-28(27)31-29(26)23-8-11-30-22(4)18-23)34-16-14-33(15-17-34)24-9-12-32(13-10-24)20-21(2)3/h6-8,11,18-19,21,24,31H,5,9-10,12-17,20H2,1-4H3. The Bertz CT molecular complexity index is 1100. The van der Waals surface area contributed by atoms with E-state index in [-0.39, 0.29) is 0 Å². The highest BCUT2D eigenvalue weighted by molar-refractivity contribution is 5.93. The van der Waals surface area contributed by atoms with E-state index in [4.69, 9.17) is 0 Å². The maximum absolute atomic E-state index is 4.38. The number of nitrogens with zero attached hydrogens (tertiary/aromatic N) is 4. The van der Waals surface area contributed by atoms with Crippen molar-refractivity contribution in [3.63, 3.8) is 0 Å². The second-order valence-corrected chi connectivity index (χ2v) is 10.7. The third-order valence-electron chi connectivity index (χ3n) is 7.80. The van der Waals surface area contributed by atoms with Gasteiger partial charge in [-0.2, -0.15) is 0 Å². The lowest BCUT2D eigenvalue weighted by molar-refractivity contribution is 0.0974. The minimum absolute atomic E-state index is 0.774. The molecule has 5 nitrogen and oxygen atoms in total. The van der Waals surface area contributed by atoms with Crippen LogP contribution in [0.25, 0.3) is 22.2 Å². The molecule has 0 radical (unpaired) electrons. The van der Waals surface area contributed by atoms with E-state index in [9.17, 15) is 0 Å². The van der Waals surface area contributed by atoms with Gasteiger partial charge in [0.25, 0.3) is 0 Å². The molecule has 2 saturated heterocycles. The quantitative estimate of drug-likeness (QED) is 0.540. The van der Waals surface area contributed by atoms with Crippen molar-refractivity contribution < 1.29 is 0 Å². The zero-order valence-corrected chi connectivity index (χ0v) is 21.5. The molecule has 34 heavy (non-hydrogen) atoms. The topological polar surface area (TPSA) is 38.4 Å². The van der Waals surface area contributed by atoms with Crippen LogP contribution in [0, 0.1) is 12.8 Å². The van der Waals surface area contributed by atoms with Crippen LogP contribution in [-0.4, -0.2) is 71.6 Å². The summed E-state index contributed by atoms with van der Waals surface area (Å²) in [6.45, 7) is 17.4. The molecular formula is C29H41N5. The molecule has 0 unspecified atom stereocenters. The maximum Gasteiger partial charge on any atom is 0.0498 e. The number of benzene rings is 1. The van der Waals surface area contributed by atoms with Gasteiger partial charge >= 0.3 is 0 Å². The Kier molecular flexibility index (Phi) is 6.94. The fraction of sp³-hybridized carbons (Fsp3) is 0.552. The van der Waals surface area contributed by atoms with Crippen molar-refractivity contribution in [1.82, 2.24) is 19.8 Å². The number of nitrogens with one attached hydrogen (secondary N) is 1. The fourth-order valence-corrected chi connectivity index (χ4v) is 6.08. The van der Waals surface area contributed by atoms with E-state index in [0.717, 1.165) is 37.2 Å². The van der Waals surface area contributed by atoms with Crippen LogP contribution in [0.5, 0.6) is 0 Å². The Labute approximate surface area is 205 Å². The number of H-pyrrole nitrogens is 1. The van der Waals surface area contributed by atoms with E-state index in [1.54, 1.807) is 0 Å². The molecular weight excluding hydrogens is 418 g/mol. The van der Waals surface area contributed by atoms with Gasteiger partial charge in [-0.3, -0.25) is 9.88 Å². The van der Waals surface area contributed by atoms with Crippen LogP contribution in [0.4, 0.5) is 5.69 Å². The van der Waals surface area contributed by atoms with Crippen LogP contribution in [0.1, 0.15) is 44.9 Å². The van der Waals surface area contributed by atoms with Crippen molar-refractivity contribution in [2.24, 2.45) is 5.92 Å². The van der Waals surface area contributed by atoms with Crippen LogP contribution in [0.2, 0.25) is 0 Å². The van der Waals surface area contributed by atoms with Crippen LogP contribution in [0.15, 0.2) is 36.5 Å². The van der Waals surface area contributed by atoms with Gasteiger partial charge in [0, 0.05) is 78.5 Å². The molecule has 2 aliphatic rings. The number of hydrogen-bond acceptors (Lipinski definition) is 4. The average molecular weight is 460 g/mol. The highest BCUT2D eigenvalue weighted by atomic mass is 15.3. The molecule has 2 aliphatic heterocycles. The Balaban J connectivity index is 1.27. The van der Waals surface area contributed by atoms with Crippen molar-refractivity contribution in [2.45, 2.75) is 53.0 Å². The zero-order chi connectivity index (χ0) is 23.7. The molecule has 2 fully saturated rings. The van der Waals surface area contributed by atoms with E-state index >= 15 is 0 Å². The van der Waals surface area contributed by atoms with Gasteiger partial charge in [-0.15, -0.1) is 0 Å². The van der Waals surface area contributed by atoms with Crippen molar-refractivity contribution in [3.8, 4) is 11.3 Å². The van der Waals surface area contributed by atoms with Crippen molar-refractivity contribution in [3.05, 3.63) is 47.8 Å². The van der Waals surface area contributed by atoms with Crippen LogP contribution in [0.3, 0.4) is 0 Å². The Hall–Kier alpha value is -2.37. The van der Waals surface area contributed by atoms with Crippen LogP contribution >= 0.6 is 0 Å². The van der Waals surface area contributed by atoms with Gasteiger partial charge in [-0.1, -0.05) is 20.8 Å². The molecule has 0 atom stereocenters. The maximum atomic E-state index is 4.38. The molecule has 4 heterocycles. The summed E-state index contributed by atoms with van der Waals surface area (Å²) >= 11 is 0. The number of likely N-dealkylation sites (tertiary alicyclic amines) is 1. The van der Waals surface area contributed by atoms with Gasteiger partial charge in [0.15, 0.2) is 0 Å². The average Bonchev–Trinajstić information content (AvgIpc) is 3.22. The van der Waals surface area contributed by atoms with Gasteiger partial charge < -0.3 is 14.8 Å². The number of pyridine rings is 1. The zero-order valence-electron chi connectivity index (χ0n) is 21.5. The highest BCUT2D eigenvalue weighted by Crippen LogP contribution is 2.34. The summed E-state index contributed by atoms with van der Waals surface area (Å²) in [7, 11) is 0. The molecule has 0 saturated carbocycles. The minimum atomic E-state index is 0.774. The van der Waals surface area contributed by atoms with Gasteiger partial charge in [-0.25, -0.2) is 0 Å². The first-order valence-corrected chi connectivity index (χ1v) is 13.3. The number of piperazine rings is 1. The highest BCUT2D eigenvalue weighted by Gasteiger charge is 2.28. The Morgan fingerprint density at radius 1 is 1.00 bits per heavy atom. The molecule has 182 valence electrons. The molecule has 1 aromatic carbocycles. The molecule has 2 aromatic heterocycles. The molecule has 0 aliphatic carbocycles. The van der Waals surface area contributed by atoms with Gasteiger partial charge in [0.05, 0.1) is 0 Å². The van der Waals surface area contributed by atoms with E-state index in [0.29, 0.717) is 0 Å². The van der Waals surface area contributed by atoms with E-state index in [1.807, 2.05) is 6.20 Å². The van der Waals surface area contributed by atoms with Gasteiger partial charge in [-0.05, 0) is 81.1 Å². The van der Waals surface area contributed by atoms with Crippen molar-refractivity contribution in [1.29, 1.82) is 0 Å². The lowest BCUT2D eigenvalue weighted by Gasteiger charge is -2.43. The van der Waals surface area contributed by atoms with E-state index in [2.05, 4.69) is 82.7 Å². The summed E-state index contributed by atoms with van der Waals surface area (Å²) < 4.78 is 0. The molecule has 3 aromatic rings. The Morgan fingerprint density at radius 2 is 1.76 bits per heavy atom. The number of aromatic amines is 1. The number of fused-ring (bicyclic) bond motifs is 1. The van der Waals surface area contributed by atoms with Gasteiger partial charge in [0.2, 0.25) is 0 Å². The third kappa shape index (κ3) is 4.87. The SMILES string of the molecule is CCc1c(-c2ccnc(C)c2)[nH]c2ccc(N3CCN(C4CCN(CC(C)C)CC4)CC3)cc12. The Morgan fingerprint density at radius 3 is 2.44 bits per heavy atom. The number of hydrogen-bond donors (Lipinski definition) is 1.